The molecule has 0 aromatic rings. The van der Waals surface area contributed by atoms with Crippen LogP contribution in [0.5, 0.6) is 0 Å². The van der Waals surface area contributed by atoms with Crippen molar-refractivity contribution < 1.29 is 5.11 Å². The van der Waals surface area contributed by atoms with Crippen molar-refractivity contribution in [3.8, 4) is 0 Å². The monoisotopic (exact) mass is 196 g/mol. The molecule has 0 aromatic carbocycles. The molecule has 0 fully saturated rings. The summed E-state index contributed by atoms with van der Waals surface area (Å²) < 4.78 is 0. The first-order valence-corrected chi connectivity index (χ1v) is 5.91. The third-order valence-corrected chi connectivity index (χ3v) is 3.57. The lowest BCUT2D eigenvalue weighted by Gasteiger charge is -2.40. The van der Waals surface area contributed by atoms with Gasteiger partial charge < -0.3 is 5.11 Å². The summed E-state index contributed by atoms with van der Waals surface area (Å²) in [4.78, 5) is 0. The van der Waals surface area contributed by atoms with E-state index in [0.29, 0.717) is 11.8 Å². The molecule has 82 valence electrons. The highest BCUT2D eigenvalue weighted by Gasteiger charge is 2.38. The molecule has 1 aliphatic carbocycles. The van der Waals surface area contributed by atoms with Crippen molar-refractivity contribution in [1.29, 1.82) is 0 Å². The van der Waals surface area contributed by atoms with E-state index < -0.39 is 5.60 Å². The van der Waals surface area contributed by atoms with Gasteiger partial charge in [0.25, 0.3) is 0 Å². The number of hydrogen-bond acceptors (Lipinski definition) is 1. The van der Waals surface area contributed by atoms with Gasteiger partial charge in [0.05, 0.1) is 5.60 Å². The first-order valence-electron chi connectivity index (χ1n) is 5.91. The molecule has 0 aliphatic heterocycles. The predicted molar refractivity (Wildman–Crippen MR) is 61.2 cm³/mol. The van der Waals surface area contributed by atoms with Crippen molar-refractivity contribution in [2.24, 2.45) is 11.8 Å². The molecule has 0 bridgehead atoms. The maximum atomic E-state index is 10.7. The Morgan fingerprint density at radius 1 is 1.14 bits per heavy atom. The fraction of sp³-hybridized carbons (Fsp3) is 0.846. The van der Waals surface area contributed by atoms with E-state index in [1.165, 1.54) is 18.4 Å². The van der Waals surface area contributed by atoms with E-state index in [1.54, 1.807) is 0 Å². The molecule has 1 heteroatoms. The number of aliphatic hydroxyl groups is 1. The SMILES string of the molecule is CC(C)C(O)(C1=CCCCC1)C(C)C. The van der Waals surface area contributed by atoms with E-state index in [0.717, 1.165) is 12.8 Å². The highest BCUT2D eigenvalue weighted by molar-refractivity contribution is 5.20. The van der Waals surface area contributed by atoms with Crippen molar-refractivity contribution in [2.75, 3.05) is 0 Å². The molecular weight excluding hydrogens is 172 g/mol. The van der Waals surface area contributed by atoms with Crippen molar-refractivity contribution in [3.63, 3.8) is 0 Å². The largest absolute Gasteiger partial charge is 0.385 e. The fourth-order valence-electron chi connectivity index (χ4n) is 2.61. The minimum Gasteiger partial charge on any atom is -0.385 e. The highest BCUT2D eigenvalue weighted by Crippen LogP contribution is 2.38. The van der Waals surface area contributed by atoms with Crippen molar-refractivity contribution in [1.82, 2.24) is 0 Å². The second-order valence-corrected chi connectivity index (χ2v) is 5.11. The van der Waals surface area contributed by atoms with Crippen LogP contribution in [0.25, 0.3) is 0 Å². The lowest BCUT2D eigenvalue weighted by Crippen LogP contribution is -2.43. The van der Waals surface area contributed by atoms with Gasteiger partial charge in [0, 0.05) is 0 Å². The zero-order valence-corrected chi connectivity index (χ0v) is 10.0. The zero-order chi connectivity index (χ0) is 10.8. The van der Waals surface area contributed by atoms with Crippen LogP contribution in [-0.4, -0.2) is 10.7 Å². The average Bonchev–Trinajstić information content (AvgIpc) is 2.17. The first-order chi connectivity index (χ1) is 6.49. The molecule has 0 atom stereocenters. The number of allylic oxidation sites excluding steroid dienone is 1. The smallest absolute Gasteiger partial charge is 0.0902 e. The van der Waals surface area contributed by atoms with E-state index >= 15 is 0 Å². The maximum Gasteiger partial charge on any atom is 0.0902 e. The Hall–Kier alpha value is -0.300. The third-order valence-electron chi connectivity index (χ3n) is 3.57. The quantitative estimate of drug-likeness (QED) is 0.685. The van der Waals surface area contributed by atoms with Gasteiger partial charge in [-0.2, -0.15) is 0 Å². The lowest BCUT2D eigenvalue weighted by molar-refractivity contribution is -0.0158. The summed E-state index contributed by atoms with van der Waals surface area (Å²) in [5, 5.41) is 10.7. The van der Waals surface area contributed by atoms with E-state index in [-0.39, 0.29) is 0 Å². The minimum absolute atomic E-state index is 0.312. The van der Waals surface area contributed by atoms with Gasteiger partial charge in [-0.3, -0.25) is 0 Å². The van der Waals surface area contributed by atoms with Crippen LogP contribution in [-0.2, 0) is 0 Å². The number of rotatable bonds is 3. The van der Waals surface area contributed by atoms with E-state index in [4.69, 9.17) is 0 Å². The molecule has 1 aliphatic rings. The van der Waals surface area contributed by atoms with Crippen LogP contribution >= 0.6 is 0 Å². The van der Waals surface area contributed by atoms with Crippen LogP contribution in [0.15, 0.2) is 11.6 Å². The molecule has 0 amide bonds. The molecule has 0 heterocycles. The van der Waals surface area contributed by atoms with Gasteiger partial charge >= 0.3 is 0 Å². The molecule has 0 saturated carbocycles. The molecule has 1 N–H and O–H groups in total. The Morgan fingerprint density at radius 3 is 2.07 bits per heavy atom. The van der Waals surface area contributed by atoms with Crippen LogP contribution in [0, 0.1) is 11.8 Å². The standard InChI is InChI=1S/C13H24O/c1-10(2)13(14,11(3)4)12-8-6-5-7-9-12/h8,10-11,14H,5-7,9H2,1-4H3. The van der Waals surface area contributed by atoms with Crippen LogP contribution < -0.4 is 0 Å². The summed E-state index contributed by atoms with van der Waals surface area (Å²) >= 11 is 0. The Balaban J connectivity index is 2.92. The van der Waals surface area contributed by atoms with Gasteiger partial charge in [-0.15, -0.1) is 0 Å². The summed E-state index contributed by atoms with van der Waals surface area (Å²) in [5.41, 5.74) is 0.717. The summed E-state index contributed by atoms with van der Waals surface area (Å²) in [6.07, 6.45) is 7.04. The first kappa shape index (κ1) is 11.8. The molecule has 0 unspecified atom stereocenters. The van der Waals surface area contributed by atoms with E-state index in [1.807, 2.05) is 0 Å². The molecule has 0 aromatic heterocycles. The highest BCUT2D eigenvalue weighted by atomic mass is 16.3. The summed E-state index contributed by atoms with van der Waals surface area (Å²) in [7, 11) is 0. The Morgan fingerprint density at radius 2 is 1.71 bits per heavy atom. The van der Waals surface area contributed by atoms with Crippen LogP contribution in [0.1, 0.15) is 53.4 Å². The van der Waals surface area contributed by atoms with Crippen molar-refractivity contribution in [3.05, 3.63) is 11.6 Å². The molecule has 0 spiro atoms. The molecule has 0 radical (unpaired) electrons. The predicted octanol–water partition coefficient (Wildman–Crippen LogP) is 3.53. The van der Waals surface area contributed by atoms with Crippen molar-refractivity contribution >= 4 is 0 Å². The minimum atomic E-state index is -0.569. The Kier molecular flexibility index (Phi) is 3.77. The van der Waals surface area contributed by atoms with Gasteiger partial charge in [0.2, 0.25) is 0 Å². The second-order valence-electron chi connectivity index (χ2n) is 5.11. The van der Waals surface area contributed by atoms with E-state index in [9.17, 15) is 5.11 Å². The average molecular weight is 196 g/mol. The Bertz CT molecular complexity index is 205. The second kappa shape index (κ2) is 4.48. The van der Waals surface area contributed by atoms with Crippen LogP contribution in [0.3, 0.4) is 0 Å². The van der Waals surface area contributed by atoms with Crippen LogP contribution in [0.2, 0.25) is 0 Å². The molecule has 1 rings (SSSR count). The zero-order valence-electron chi connectivity index (χ0n) is 10.0. The molecule has 14 heavy (non-hydrogen) atoms. The summed E-state index contributed by atoms with van der Waals surface area (Å²) in [6, 6.07) is 0. The number of hydrogen-bond donors (Lipinski definition) is 1. The molecule has 1 nitrogen and oxygen atoms in total. The molecule has 0 saturated heterocycles. The third kappa shape index (κ3) is 2.03. The van der Waals surface area contributed by atoms with Gasteiger partial charge in [-0.1, -0.05) is 33.8 Å². The molecular formula is C13H24O. The van der Waals surface area contributed by atoms with Crippen molar-refractivity contribution in [2.45, 2.75) is 59.0 Å². The van der Waals surface area contributed by atoms with Gasteiger partial charge in [0.1, 0.15) is 0 Å². The van der Waals surface area contributed by atoms with Gasteiger partial charge in [-0.05, 0) is 43.1 Å². The fourth-order valence-corrected chi connectivity index (χ4v) is 2.61. The van der Waals surface area contributed by atoms with E-state index in [2.05, 4.69) is 33.8 Å². The summed E-state index contributed by atoms with van der Waals surface area (Å²) in [5.74, 6) is 0.624. The van der Waals surface area contributed by atoms with Gasteiger partial charge in [-0.25, -0.2) is 0 Å². The lowest BCUT2D eigenvalue weighted by atomic mass is 9.72. The topological polar surface area (TPSA) is 20.2 Å². The van der Waals surface area contributed by atoms with Crippen LogP contribution in [0.4, 0.5) is 0 Å². The Labute approximate surface area is 88.2 Å². The van der Waals surface area contributed by atoms with Gasteiger partial charge in [0.15, 0.2) is 0 Å². The summed E-state index contributed by atoms with van der Waals surface area (Å²) in [6.45, 7) is 8.48. The normalized spacial score (nSPS) is 18.9. The maximum absolute atomic E-state index is 10.7.